The molecule has 0 aliphatic carbocycles. The molecule has 16 heavy (non-hydrogen) atoms. The molecule has 0 saturated carbocycles. The van der Waals surface area contributed by atoms with Gasteiger partial charge in [-0.25, -0.2) is 8.42 Å². The lowest BCUT2D eigenvalue weighted by molar-refractivity contribution is -0.940. The SMILES string of the molecule is CCCS(=O)(=O)[O-].CC[NH+](C(C)C)C(C)C. The number of rotatable bonds is 5. The summed E-state index contributed by atoms with van der Waals surface area (Å²) in [6.07, 6.45) is 0.409. The van der Waals surface area contributed by atoms with Crippen molar-refractivity contribution < 1.29 is 17.9 Å². The van der Waals surface area contributed by atoms with Crippen LogP contribution >= 0.6 is 0 Å². The Morgan fingerprint density at radius 1 is 1.06 bits per heavy atom. The highest BCUT2D eigenvalue weighted by atomic mass is 32.2. The van der Waals surface area contributed by atoms with Crippen molar-refractivity contribution in [1.82, 2.24) is 0 Å². The van der Waals surface area contributed by atoms with Crippen molar-refractivity contribution in [2.45, 2.75) is 60.0 Å². The molecule has 0 spiro atoms. The molecule has 0 atom stereocenters. The molecule has 0 unspecified atom stereocenters. The zero-order valence-corrected chi connectivity index (χ0v) is 12.2. The predicted molar refractivity (Wildman–Crippen MR) is 66.6 cm³/mol. The first-order valence-electron chi connectivity index (χ1n) is 5.94. The molecule has 4 nitrogen and oxygen atoms in total. The third-order valence-electron chi connectivity index (χ3n) is 2.35. The molecule has 0 aromatic rings. The Labute approximate surface area is 101 Å². The fourth-order valence-corrected chi connectivity index (χ4v) is 2.23. The first-order chi connectivity index (χ1) is 7.15. The quantitative estimate of drug-likeness (QED) is 0.732. The molecule has 0 aromatic carbocycles. The standard InChI is InChI=1S/C8H19N.C3H8O3S/c1-6-9(7(2)3)8(4)5;1-2-3-7(4,5)6/h7-8H,6H2,1-5H3;2-3H2,1H3,(H,4,5,6). The highest BCUT2D eigenvalue weighted by molar-refractivity contribution is 7.85. The van der Waals surface area contributed by atoms with E-state index in [4.69, 9.17) is 0 Å². The third-order valence-corrected chi connectivity index (χ3v) is 3.25. The molecule has 0 amide bonds. The highest BCUT2D eigenvalue weighted by Gasteiger charge is 2.12. The maximum atomic E-state index is 9.68. The summed E-state index contributed by atoms with van der Waals surface area (Å²) in [5.41, 5.74) is 0. The summed E-state index contributed by atoms with van der Waals surface area (Å²) in [6, 6.07) is 1.55. The molecule has 5 heteroatoms. The molecule has 100 valence electrons. The minimum Gasteiger partial charge on any atom is -0.748 e. The lowest BCUT2D eigenvalue weighted by Gasteiger charge is -2.25. The molecular weight excluding hydrogens is 226 g/mol. The van der Waals surface area contributed by atoms with Crippen molar-refractivity contribution in [2.24, 2.45) is 0 Å². The van der Waals surface area contributed by atoms with Crippen molar-refractivity contribution >= 4 is 10.1 Å². The molecule has 0 rings (SSSR count). The van der Waals surface area contributed by atoms with Crippen LogP contribution in [0.25, 0.3) is 0 Å². The van der Waals surface area contributed by atoms with E-state index >= 15 is 0 Å². The molecule has 0 radical (unpaired) electrons. The van der Waals surface area contributed by atoms with Gasteiger partial charge in [0.1, 0.15) is 0 Å². The summed E-state index contributed by atoms with van der Waals surface area (Å²) in [7, 11) is -3.92. The topological polar surface area (TPSA) is 61.6 Å². The van der Waals surface area contributed by atoms with Crippen LogP contribution in [0.5, 0.6) is 0 Å². The van der Waals surface area contributed by atoms with Gasteiger partial charge in [-0.15, -0.1) is 0 Å². The van der Waals surface area contributed by atoms with E-state index in [2.05, 4.69) is 34.6 Å². The first kappa shape index (κ1) is 18.2. The number of quaternary nitrogens is 1. The second-order valence-electron chi connectivity index (χ2n) is 4.50. The Balaban J connectivity index is 0. The largest absolute Gasteiger partial charge is 0.748 e. The van der Waals surface area contributed by atoms with E-state index in [0.717, 1.165) is 12.1 Å². The Kier molecular flexibility index (Phi) is 10.2. The fourth-order valence-electron chi connectivity index (χ4n) is 1.73. The zero-order valence-electron chi connectivity index (χ0n) is 11.4. The van der Waals surface area contributed by atoms with Crippen LogP contribution in [0.15, 0.2) is 0 Å². The Morgan fingerprint density at radius 3 is 1.44 bits per heavy atom. The Morgan fingerprint density at radius 2 is 1.44 bits per heavy atom. The van der Waals surface area contributed by atoms with Crippen LogP contribution in [-0.4, -0.2) is 37.4 Å². The maximum Gasteiger partial charge on any atom is 0.0945 e. The number of hydrogen-bond acceptors (Lipinski definition) is 3. The summed E-state index contributed by atoms with van der Waals surface area (Å²) in [5, 5.41) is 0. The van der Waals surface area contributed by atoms with E-state index in [9.17, 15) is 13.0 Å². The predicted octanol–water partition coefficient (Wildman–Crippen LogP) is 0.650. The van der Waals surface area contributed by atoms with Crippen LogP contribution in [-0.2, 0) is 10.1 Å². The van der Waals surface area contributed by atoms with Gasteiger partial charge < -0.3 is 9.45 Å². The van der Waals surface area contributed by atoms with E-state index in [1.54, 1.807) is 11.8 Å². The van der Waals surface area contributed by atoms with Crippen LogP contribution in [0, 0.1) is 0 Å². The van der Waals surface area contributed by atoms with Crippen LogP contribution in [0.4, 0.5) is 0 Å². The number of hydrogen-bond donors (Lipinski definition) is 1. The van der Waals surface area contributed by atoms with Gasteiger partial charge in [0.05, 0.1) is 28.7 Å². The Bertz CT molecular complexity index is 240. The molecular formula is C11H27NO3S. The van der Waals surface area contributed by atoms with Gasteiger partial charge in [-0.05, 0) is 41.0 Å². The summed E-state index contributed by atoms with van der Waals surface area (Å²) in [4.78, 5) is 1.69. The normalized spacial score (nSPS) is 11.9. The van der Waals surface area contributed by atoms with E-state index < -0.39 is 10.1 Å². The van der Waals surface area contributed by atoms with Gasteiger partial charge in [-0.2, -0.15) is 0 Å². The van der Waals surface area contributed by atoms with Gasteiger partial charge in [-0.3, -0.25) is 0 Å². The fraction of sp³-hybridized carbons (Fsp3) is 1.00. The average Bonchev–Trinajstić information content (AvgIpc) is 2.01. The van der Waals surface area contributed by atoms with Gasteiger partial charge in [0.25, 0.3) is 0 Å². The molecule has 0 aliphatic rings. The smallest absolute Gasteiger partial charge is 0.0945 e. The molecule has 0 saturated heterocycles. The van der Waals surface area contributed by atoms with Crippen molar-refractivity contribution in [3.8, 4) is 0 Å². The average molecular weight is 253 g/mol. The van der Waals surface area contributed by atoms with Gasteiger partial charge in [0.2, 0.25) is 0 Å². The van der Waals surface area contributed by atoms with Gasteiger partial charge in [-0.1, -0.05) is 6.92 Å². The molecule has 0 fully saturated rings. The van der Waals surface area contributed by atoms with Crippen LogP contribution in [0.2, 0.25) is 0 Å². The van der Waals surface area contributed by atoms with E-state index in [-0.39, 0.29) is 5.75 Å². The first-order valence-corrected chi connectivity index (χ1v) is 7.52. The van der Waals surface area contributed by atoms with Crippen LogP contribution in [0.3, 0.4) is 0 Å². The van der Waals surface area contributed by atoms with Crippen molar-refractivity contribution in [2.75, 3.05) is 12.3 Å². The van der Waals surface area contributed by atoms with Crippen molar-refractivity contribution in [1.29, 1.82) is 0 Å². The molecule has 0 aromatic heterocycles. The molecule has 0 aliphatic heterocycles. The van der Waals surface area contributed by atoms with E-state index in [1.165, 1.54) is 6.54 Å². The Hall–Kier alpha value is -0.130. The summed E-state index contributed by atoms with van der Waals surface area (Å²) in [5.74, 6) is -0.243. The lowest BCUT2D eigenvalue weighted by atomic mass is 10.2. The van der Waals surface area contributed by atoms with E-state index in [0.29, 0.717) is 6.42 Å². The van der Waals surface area contributed by atoms with E-state index in [1.807, 2.05) is 0 Å². The minimum absolute atomic E-state index is 0.243. The highest BCUT2D eigenvalue weighted by Crippen LogP contribution is 1.83. The molecule has 1 N–H and O–H groups in total. The summed E-state index contributed by atoms with van der Waals surface area (Å²) >= 11 is 0. The van der Waals surface area contributed by atoms with Crippen molar-refractivity contribution in [3.63, 3.8) is 0 Å². The minimum atomic E-state index is -3.92. The lowest BCUT2D eigenvalue weighted by Crippen LogP contribution is -3.17. The maximum absolute atomic E-state index is 9.68. The third kappa shape index (κ3) is 11.9. The van der Waals surface area contributed by atoms with Gasteiger partial charge in [0.15, 0.2) is 0 Å². The second-order valence-corrected chi connectivity index (χ2v) is 6.02. The van der Waals surface area contributed by atoms with Crippen LogP contribution in [0.1, 0.15) is 48.0 Å². The van der Waals surface area contributed by atoms with Crippen molar-refractivity contribution in [3.05, 3.63) is 0 Å². The molecule has 0 bridgehead atoms. The molecule has 0 heterocycles. The zero-order chi connectivity index (χ0) is 13.4. The monoisotopic (exact) mass is 253 g/mol. The number of nitrogens with one attached hydrogen (secondary N) is 1. The summed E-state index contributed by atoms with van der Waals surface area (Å²) in [6.45, 7) is 14.2. The second kappa shape index (κ2) is 8.96. The summed E-state index contributed by atoms with van der Waals surface area (Å²) < 4.78 is 29.0. The van der Waals surface area contributed by atoms with Gasteiger partial charge >= 0.3 is 0 Å². The van der Waals surface area contributed by atoms with Crippen LogP contribution < -0.4 is 4.90 Å². The van der Waals surface area contributed by atoms with Gasteiger partial charge in [0, 0.05) is 5.75 Å².